The van der Waals surface area contributed by atoms with Gasteiger partial charge in [0.15, 0.2) is 17.3 Å². The molecule has 162 valence electrons. The molecule has 1 fully saturated rings. The zero-order valence-electron chi connectivity index (χ0n) is 18.2. The van der Waals surface area contributed by atoms with E-state index in [1.165, 1.54) is 0 Å². The highest BCUT2D eigenvalue weighted by Crippen LogP contribution is 2.63. The monoisotopic (exact) mass is 422 g/mol. The lowest BCUT2D eigenvalue weighted by molar-refractivity contribution is 0.0914. The van der Waals surface area contributed by atoms with Crippen molar-refractivity contribution in [1.29, 1.82) is 0 Å². The molecule has 6 nitrogen and oxygen atoms in total. The third kappa shape index (κ3) is 2.74. The molecule has 3 atom stereocenters. The zero-order valence-corrected chi connectivity index (χ0v) is 18.2. The minimum absolute atomic E-state index is 0.0488. The van der Waals surface area contributed by atoms with E-state index < -0.39 is 5.41 Å². The fraction of sp³-hybridized carbons (Fsp3) is 0.400. The Morgan fingerprint density at radius 2 is 1.84 bits per heavy atom. The number of methoxy groups -OCH3 is 3. The molecule has 0 radical (unpaired) electrons. The van der Waals surface area contributed by atoms with Gasteiger partial charge in [-0.1, -0.05) is 6.58 Å². The molecule has 0 amide bonds. The highest BCUT2D eigenvalue weighted by atomic mass is 16.5. The van der Waals surface area contributed by atoms with Crippen LogP contribution >= 0.6 is 0 Å². The van der Waals surface area contributed by atoms with Crippen molar-refractivity contribution in [1.82, 2.24) is 0 Å². The third-order valence-electron chi connectivity index (χ3n) is 6.79. The Morgan fingerprint density at radius 1 is 1.10 bits per heavy atom. The summed E-state index contributed by atoms with van der Waals surface area (Å²) in [5.41, 5.74) is 2.67. The second-order valence-corrected chi connectivity index (χ2v) is 8.50. The van der Waals surface area contributed by atoms with Crippen LogP contribution in [0.3, 0.4) is 0 Å². The summed E-state index contributed by atoms with van der Waals surface area (Å²) in [5.74, 6) is 3.37. The van der Waals surface area contributed by atoms with Crippen LogP contribution < -0.4 is 23.7 Å². The van der Waals surface area contributed by atoms with Crippen LogP contribution in [0.2, 0.25) is 0 Å². The van der Waals surface area contributed by atoms with E-state index in [1.807, 2.05) is 31.2 Å². The van der Waals surface area contributed by atoms with Crippen molar-refractivity contribution in [3.8, 4) is 28.7 Å². The van der Waals surface area contributed by atoms with E-state index >= 15 is 0 Å². The maximum absolute atomic E-state index is 14.0. The van der Waals surface area contributed by atoms with Crippen LogP contribution in [-0.2, 0) is 11.8 Å². The van der Waals surface area contributed by atoms with Gasteiger partial charge in [-0.2, -0.15) is 0 Å². The van der Waals surface area contributed by atoms with Crippen LogP contribution in [0.25, 0.3) is 0 Å². The molecule has 0 N–H and O–H groups in total. The van der Waals surface area contributed by atoms with E-state index in [9.17, 15) is 4.79 Å². The number of carbonyl (C=O) groups excluding carboxylic acids is 1. The number of fused-ring (bicyclic) bond motifs is 4. The van der Waals surface area contributed by atoms with Crippen LogP contribution in [-0.4, -0.2) is 39.8 Å². The predicted octanol–water partition coefficient (Wildman–Crippen LogP) is 4.13. The molecule has 2 unspecified atom stereocenters. The summed E-state index contributed by atoms with van der Waals surface area (Å²) in [5, 5.41) is 0. The lowest BCUT2D eigenvalue weighted by atomic mass is 9.82. The molecule has 2 heterocycles. The van der Waals surface area contributed by atoms with Crippen LogP contribution in [0, 0.1) is 5.92 Å². The number of hydrogen-bond donors (Lipinski definition) is 0. The number of benzene rings is 2. The van der Waals surface area contributed by atoms with Crippen molar-refractivity contribution in [2.75, 3.05) is 27.9 Å². The van der Waals surface area contributed by atoms with Crippen LogP contribution in [0.5, 0.6) is 28.7 Å². The van der Waals surface area contributed by atoms with Crippen molar-refractivity contribution in [3.05, 3.63) is 53.1 Å². The molecule has 0 bridgehead atoms. The van der Waals surface area contributed by atoms with E-state index in [-0.39, 0.29) is 17.8 Å². The first-order valence-electron chi connectivity index (χ1n) is 10.4. The first-order valence-corrected chi connectivity index (χ1v) is 10.4. The molecule has 6 heteroatoms. The van der Waals surface area contributed by atoms with E-state index in [0.717, 1.165) is 28.9 Å². The Labute approximate surface area is 181 Å². The number of hydrogen-bond acceptors (Lipinski definition) is 6. The minimum atomic E-state index is -0.637. The van der Waals surface area contributed by atoms with Gasteiger partial charge in [0, 0.05) is 29.5 Å². The maximum atomic E-state index is 14.0. The highest BCUT2D eigenvalue weighted by molar-refractivity contribution is 6.09. The zero-order chi connectivity index (χ0) is 21.9. The Hall–Kier alpha value is -3.15. The second-order valence-electron chi connectivity index (χ2n) is 8.50. The Balaban J connectivity index is 1.59. The highest BCUT2D eigenvalue weighted by Gasteiger charge is 2.64. The lowest BCUT2D eigenvalue weighted by Crippen LogP contribution is -2.30. The summed E-state index contributed by atoms with van der Waals surface area (Å²) in [6, 6.07) is 7.38. The fourth-order valence-corrected chi connectivity index (χ4v) is 5.00. The molecule has 2 aromatic rings. The van der Waals surface area contributed by atoms with Crippen LogP contribution in [0.15, 0.2) is 36.4 Å². The number of ketones is 1. The average Bonchev–Trinajstić information content (AvgIpc) is 3.38. The molecule has 31 heavy (non-hydrogen) atoms. The Kier molecular flexibility index (Phi) is 4.43. The van der Waals surface area contributed by atoms with E-state index in [2.05, 4.69) is 6.58 Å². The molecular weight excluding hydrogens is 396 g/mol. The van der Waals surface area contributed by atoms with Gasteiger partial charge in [0.05, 0.1) is 38.9 Å². The summed E-state index contributed by atoms with van der Waals surface area (Å²) in [7, 11) is 4.78. The predicted molar refractivity (Wildman–Crippen MR) is 115 cm³/mol. The van der Waals surface area contributed by atoms with Crippen molar-refractivity contribution in [2.24, 2.45) is 5.92 Å². The molecule has 1 saturated carbocycles. The van der Waals surface area contributed by atoms with E-state index in [1.54, 1.807) is 21.3 Å². The molecular formula is C25H26O6. The molecule has 0 aromatic heterocycles. The Bertz CT molecular complexity index is 1100. The summed E-state index contributed by atoms with van der Waals surface area (Å²) in [6.07, 6.45) is 1.29. The minimum Gasteiger partial charge on any atom is -0.496 e. The molecule has 3 aliphatic rings. The second kappa shape index (κ2) is 6.94. The molecule has 5 rings (SSSR count). The molecule has 2 aliphatic heterocycles. The van der Waals surface area contributed by atoms with Gasteiger partial charge < -0.3 is 23.7 Å². The van der Waals surface area contributed by atoms with Gasteiger partial charge >= 0.3 is 0 Å². The summed E-state index contributed by atoms with van der Waals surface area (Å²) in [6.45, 7) is 6.46. The van der Waals surface area contributed by atoms with E-state index in [4.69, 9.17) is 23.7 Å². The van der Waals surface area contributed by atoms with Gasteiger partial charge in [0.1, 0.15) is 23.4 Å². The van der Waals surface area contributed by atoms with Crippen LogP contribution in [0.4, 0.5) is 0 Å². The van der Waals surface area contributed by atoms with Gasteiger partial charge in [-0.25, -0.2) is 0 Å². The largest absolute Gasteiger partial charge is 0.496 e. The van der Waals surface area contributed by atoms with Gasteiger partial charge in [0.25, 0.3) is 0 Å². The number of carbonyl (C=O) groups is 1. The summed E-state index contributed by atoms with van der Waals surface area (Å²) >= 11 is 0. The van der Waals surface area contributed by atoms with Crippen molar-refractivity contribution < 1.29 is 28.5 Å². The molecule has 1 aliphatic carbocycles. The topological polar surface area (TPSA) is 63.2 Å². The van der Waals surface area contributed by atoms with Crippen LogP contribution in [0.1, 0.15) is 34.8 Å². The third-order valence-corrected chi connectivity index (χ3v) is 6.79. The fourth-order valence-electron chi connectivity index (χ4n) is 5.00. The SMILES string of the molecule is C=C(C)[C@H]1Cc2c(ccc(C(=O)C34CC3COc3cc(OC)c(OC)cc34)c2OC)O1. The van der Waals surface area contributed by atoms with E-state index in [0.29, 0.717) is 41.6 Å². The van der Waals surface area contributed by atoms with Crippen molar-refractivity contribution in [3.63, 3.8) is 0 Å². The number of Topliss-reactive ketones (excluding diaryl/α,β-unsaturated/α-hetero) is 1. The lowest BCUT2D eigenvalue weighted by Gasteiger charge is -2.27. The quantitative estimate of drug-likeness (QED) is 0.515. The van der Waals surface area contributed by atoms with Gasteiger partial charge in [0.2, 0.25) is 0 Å². The standard InChI is InChI=1S/C25H26O6/c1-13(2)19-8-16-18(31-19)7-6-15(23(16)29-5)24(26)25-11-14(25)12-30-20-10-22(28-4)21(27-3)9-17(20)25/h6-7,9-10,14,19H,1,8,11-12H2,2-5H3/t14?,19-,25?/m1/s1. The first kappa shape index (κ1) is 19.8. The number of ether oxygens (including phenoxy) is 5. The smallest absolute Gasteiger partial charge is 0.177 e. The number of rotatable bonds is 6. The van der Waals surface area contributed by atoms with Gasteiger partial charge in [-0.3, -0.25) is 4.79 Å². The average molecular weight is 422 g/mol. The molecule has 2 aromatic carbocycles. The summed E-state index contributed by atoms with van der Waals surface area (Å²) < 4.78 is 28.6. The van der Waals surface area contributed by atoms with Gasteiger partial charge in [-0.05, 0) is 37.1 Å². The van der Waals surface area contributed by atoms with Gasteiger partial charge in [-0.15, -0.1) is 0 Å². The maximum Gasteiger partial charge on any atom is 0.177 e. The summed E-state index contributed by atoms with van der Waals surface area (Å²) in [4.78, 5) is 14.0. The van der Waals surface area contributed by atoms with Crippen molar-refractivity contribution >= 4 is 5.78 Å². The molecule has 0 saturated heterocycles. The molecule has 0 spiro atoms. The Morgan fingerprint density at radius 3 is 2.52 bits per heavy atom. The normalized spacial score (nSPS) is 24.6. The van der Waals surface area contributed by atoms with Crippen molar-refractivity contribution in [2.45, 2.75) is 31.3 Å². The first-order chi connectivity index (χ1) is 14.9.